The highest BCUT2D eigenvalue weighted by Gasteiger charge is 2.31. The summed E-state index contributed by atoms with van der Waals surface area (Å²) in [5.74, 6) is -2.86. The van der Waals surface area contributed by atoms with E-state index in [4.69, 9.17) is 9.84 Å². The minimum absolute atomic E-state index is 0.250. The van der Waals surface area contributed by atoms with Crippen LogP contribution in [-0.2, 0) is 9.53 Å². The standard InChI is InChI=1S/C13H14FNO4/c1-7-8(5-6-19-7)12(16)15-11-9(13(17)18)3-2-4-10(11)14/h2-4,7-8H,5-6H2,1H3,(H,15,16)(H,17,18). The third kappa shape index (κ3) is 2.73. The van der Waals surface area contributed by atoms with E-state index in [1.807, 2.05) is 0 Å². The number of ether oxygens (including phenoxy) is 1. The normalized spacial score (nSPS) is 22.2. The molecule has 1 fully saturated rings. The van der Waals surface area contributed by atoms with Crippen molar-refractivity contribution >= 4 is 17.6 Å². The predicted molar refractivity (Wildman–Crippen MR) is 65.5 cm³/mol. The van der Waals surface area contributed by atoms with E-state index in [0.717, 1.165) is 6.07 Å². The van der Waals surface area contributed by atoms with Crippen LogP contribution in [0.25, 0.3) is 0 Å². The van der Waals surface area contributed by atoms with Crippen LogP contribution in [0.1, 0.15) is 23.7 Å². The molecule has 1 aromatic rings. The molecule has 0 aliphatic carbocycles. The summed E-state index contributed by atoms with van der Waals surface area (Å²) in [6.45, 7) is 2.24. The third-order valence-corrected chi connectivity index (χ3v) is 3.21. The lowest BCUT2D eigenvalue weighted by Crippen LogP contribution is -2.28. The molecule has 1 aliphatic rings. The van der Waals surface area contributed by atoms with Gasteiger partial charge in [0.1, 0.15) is 5.82 Å². The molecular weight excluding hydrogens is 253 g/mol. The van der Waals surface area contributed by atoms with Crippen molar-refractivity contribution in [1.29, 1.82) is 0 Å². The number of benzene rings is 1. The molecule has 0 saturated carbocycles. The van der Waals surface area contributed by atoms with Crippen molar-refractivity contribution in [2.45, 2.75) is 19.4 Å². The van der Waals surface area contributed by atoms with E-state index < -0.39 is 17.7 Å². The smallest absolute Gasteiger partial charge is 0.337 e. The number of hydrogen-bond donors (Lipinski definition) is 2. The van der Waals surface area contributed by atoms with Crippen LogP contribution in [0, 0.1) is 11.7 Å². The summed E-state index contributed by atoms with van der Waals surface area (Å²) in [7, 11) is 0. The summed E-state index contributed by atoms with van der Waals surface area (Å²) in [4.78, 5) is 23.0. The van der Waals surface area contributed by atoms with E-state index in [1.54, 1.807) is 6.92 Å². The van der Waals surface area contributed by atoms with Crippen LogP contribution in [0.4, 0.5) is 10.1 Å². The number of carbonyl (C=O) groups excluding carboxylic acids is 1. The number of amides is 1. The molecule has 2 atom stereocenters. The van der Waals surface area contributed by atoms with E-state index in [9.17, 15) is 14.0 Å². The Morgan fingerprint density at radius 1 is 1.47 bits per heavy atom. The highest BCUT2D eigenvalue weighted by molar-refractivity contribution is 6.01. The number of rotatable bonds is 3. The lowest BCUT2D eigenvalue weighted by Gasteiger charge is -2.15. The molecule has 0 radical (unpaired) electrons. The molecule has 2 N–H and O–H groups in total. The Morgan fingerprint density at radius 2 is 2.21 bits per heavy atom. The second kappa shape index (κ2) is 5.36. The van der Waals surface area contributed by atoms with Crippen molar-refractivity contribution in [3.8, 4) is 0 Å². The van der Waals surface area contributed by atoms with Gasteiger partial charge in [-0.25, -0.2) is 9.18 Å². The van der Waals surface area contributed by atoms with Gasteiger partial charge in [-0.1, -0.05) is 6.07 Å². The number of nitrogens with one attached hydrogen (secondary N) is 1. The molecule has 1 amide bonds. The predicted octanol–water partition coefficient (Wildman–Crippen LogP) is 1.89. The molecule has 0 aromatic heterocycles. The second-order valence-corrected chi connectivity index (χ2v) is 4.43. The summed E-state index contributed by atoms with van der Waals surface area (Å²) in [6, 6.07) is 3.64. The van der Waals surface area contributed by atoms with Gasteiger partial charge in [0.25, 0.3) is 0 Å². The molecule has 1 saturated heterocycles. The number of hydrogen-bond acceptors (Lipinski definition) is 3. The maximum absolute atomic E-state index is 13.6. The van der Waals surface area contributed by atoms with Gasteiger partial charge in [-0.05, 0) is 25.5 Å². The summed E-state index contributed by atoms with van der Waals surface area (Å²) < 4.78 is 18.9. The Balaban J connectivity index is 2.23. The van der Waals surface area contributed by atoms with E-state index in [2.05, 4.69) is 5.32 Å². The molecule has 1 aliphatic heterocycles. The second-order valence-electron chi connectivity index (χ2n) is 4.43. The average molecular weight is 267 g/mol. The highest BCUT2D eigenvalue weighted by Crippen LogP contribution is 2.25. The van der Waals surface area contributed by atoms with Gasteiger partial charge in [0.15, 0.2) is 0 Å². The first kappa shape index (κ1) is 13.5. The first-order valence-corrected chi connectivity index (χ1v) is 5.95. The van der Waals surface area contributed by atoms with Crippen molar-refractivity contribution < 1.29 is 23.8 Å². The number of anilines is 1. The lowest BCUT2D eigenvalue weighted by atomic mass is 10.0. The van der Waals surface area contributed by atoms with Gasteiger partial charge in [0.2, 0.25) is 5.91 Å². The quantitative estimate of drug-likeness (QED) is 0.876. The van der Waals surface area contributed by atoms with E-state index in [0.29, 0.717) is 13.0 Å². The van der Waals surface area contributed by atoms with E-state index in [-0.39, 0.29) is 23.3 Å². The Labute approximate surface area is 109 Å². The zero-order chi connectivity index (χ0) is 14.0. The zero-order valence-electron chi connectivity index (χ0n) is 10.4. The van der Waals surface area contributed by atoms with Crippen LogP contribution in [0.15, 0.2) is 18.2 Å². The summed E-state index contributed by atoms with van der Waals surface area (Å²) >= 11 is 0. The zero-order valence-corrected chi connectivity index (χ0v) is 10.4. The van der Waals surface area contributed by atoms with Crippen molar-refractivity contribution in [3.05, 3.63) is 29.6 Å². The summed E-state index contributed by atoms with van der Waals surface area (Å²) in [6.07, 6.45) is 0.296. The molecule has 6 heteroatoms. The van der Waals surface area contributed by atoms with Crippen molar-refractivity contribution in [2.24, 2.45) is 5.92 Å². The molecule has 1 aromatic carbocycles. The molecule has 2 rings (SSSR count). The molecule has 19 heavy (non-hydrogen) atoms. The van der Waals surface area contributed by atoms with Gasteiger partial charge >= 0.3 is 5.97 Å². The average Bonchev–Trinajstić information content (AvgIpc) is 2.77. The van der Waals surface area contributed by atoms with Crippen LogP contribution in [0.3, 0.4) is 0 Å². The fraction of sp³-hybridized carbons (Fsp3) is 0.385. The van der Waals surface area contributed by atoms with Crippen molar-refractivity contribution in [3.63, 3.8) is 0 Å². The Bertz CT molecular complexity index is 517. The number of carboxylic acid groups (broad SMARTS) is 1. The molecule has 1 heterocycles. The number of para-hydroxylation sites is 1. The molecular formula is C13H14FNO4. The van der Waals surface area contributed by atoms with Crippen LogP contribution < -0.4 is 5.32 Å². The number of aromatic carboxylic acids is 1. The SMILES string of the molecule is CC1OCCC1C(=O)Nc1c(F)cccc1C(=O)O. The summed E-state index contributed by atoms with van der Waals surface area (Å²) in [5, 5.41) is 11.3. The van der Waals surface area contributed by atoms with Crippen molar-refractivity contribution in [1.82, 2.24) is 0 Å². The Kier molecular flexibility index (Phi) is 3.80. The monoisotopic (exact) mass is 267 g/mol. The van der Waals surface area contributed by atoms with Gasteiger partial charge in [-0.2, -0.15) is 0 Å². The summed E-state index contributed by atoms with van der Waals surface area (Å²) in [5.41, 5.74) is -0.556. The van der Waals surface area contributed by atoms with Crippen LogP contribution in [-0.4, -0.2) is 29.7 Å². The number of carbonyl (C=O) groups is 2. The largest absolute Gasteiger partial charge is 0.478 e. The van der Waals surface area contributed by atoms with Crippen LogP contribution >= 0.6 is 0 Å². The molecule has 0 bridgehead atoms. The minimum atomic E-state index is -1.29. The van der Waals surface area contributed by atoms with Gasteiger partial charge in [0.05, 0.1) is 23.3 Å². The van der Waals surface area contributed by atoms with Gasteiger partial charge in [0, 0.05) is 6.61 Å². The van der Waals surface area contributed by atoms with Gasteiger partial charge < -0.3 is 15.2 Å². The van der Waals surface area contributed by atoms with E-state index >= 15 is 0 Å². The van der Waals surface area contributed by atoms with E-state index in [1.165, 1.54) is 12.1 Å². The van der Waals surface area contributed by atoms with Gasteiger partial charge in [-0.15, -0.1) is 0 Å². The van der Waals surface area contributed by atoms with Crippen molar-refractivity contribution in [2.75, 3.05) is 11.9 Å². The maximum atomic E-state index is 13.6. The molecule has 5 nitrogen and oxygen atoms in total. The Morgan fingerprint density at radius 3 is 2.79 bits per heavy atom. The molecule has 102 valence electrons. The van der Waals surface area contributed by atoms with Crippen LogP contribution in [0.2, 0.25) is 0 Å². The van der Waals surface area contributed by atoms with Gasteiger partial charge in [-0.3, -0.25) is 4.79 Å². The minimum Gasteiger partial charge on any atom is -0.478 e. The maximum Gasteiger partial charge on any atom is 0.337 e. The molecule has 0 spiro atoms. The fourth-order valence-electron chi connectivity index (χ4n) is 2.12. The molecule has 2 unspecified atom stereocenters. The number of carboxylic acids is 1. The topological polar surface area (TPSA) is 75.6 Å². The lowest BCUT2D eigenvalue weighted by molar-refractivity contribution is -0.121. The fourth-order valence-corrected chi connectivity index (χ4v) is 2.12. The third-order valence-electron chi connectivity index (χ3n) is 3.21. The first-order valence-electron chi connectivity index (χ1n) is 5.95. The highest BCUT2D eigenvalue weighted by atomic mass is 19.1. The first-order chi connectivity index (χ1) is 9.00. The number of halogens is 1. The Hall–Kier alpha value is -1.95. The van der Waals surface area contributed by atoms with Crippen LogP contribution in [0.5, 0.6) is 0 Å².